The molecular weight excluding hydrogens is 188 g/mol. The van der Waals surface area contributed by atoms with E-state index < -0.39 is 0 Å². The first kappa shape index (κ1) is 11.6. The minimum atomic E-state index is -0.104. The summed E-state index contributed by atoms with van der Waals surface area (Å²) in [6.07, 6.45) is 0.902. The number of hydrogen-bond acceptors (Lipinski definition) is 2. The molecule has 0 saturated heterocycles. The fourth-order valence-electron chi connectivity index (χ4n) is 1.36. The quantitative estimate of drug-likeness (QED) is 0.558. The van der Waals surface area contributed by atoms with E-state index in [1.165, 1.54) is 0 Å². The molecule has 0 spiro atoms. The van der Waals surface area contributed by atoms with Crippen molar-refractivity contribution in [2.75, 3.05) is 0 Å². The van der Waals surface area contributed by atoms with Crippen LogP contribution < -0.4 is 0 Å². The second-order valence-corrected chi connectivity index (χ2v) is 4.07. The monoisotopic (exact) mass is 204 g/mol. The lowest BCUT2D eigenvalue weighted by atomic mass is 9.97. The molecule has 0 aromatic heterocycles. The van der Waals surface area contributed by atoms with Crippen LogP contribution in [0.4, 0.5) is 0 Å². The fraction of sp³-hybridized carbons (Fsp3) is 0.385. The molecule has 0 bridgehead atoms. The molecule has 0 radical (unpaired) electrons. The van der Waals surface area contributed by atoms with Gasteiger partial charge >= 0.3 is 0 Å². The highest BCUT2D eigenvalue weighted by Gasteiger charge is 2.10. The van der Waals surface area contributed by atoms with Gasteiger partial charge in [0, 0.05) is 17.4 Å². The van der Waals surface area contributed by atoms with Gasteiger partial charge in [-0.05, 0) is 5.56 Å². The van der Waals surface area contributed by atoms with E-state index in [1.807, 2.05) is 32.9 Å². The van der Waals surface area contributed by atoms with Crippen LogP contribution in [0.3, 0.4) is 0 Å². The lowest BCUT2D eigenvalue weighted by molar-refractivity contribution is -0.108. The van der Waals surface area contributed by atoms with Gasteiger partial charge < -0.3 is 4.79 Å². The van der Waals surface area contributed by atoms with Gasteiger partial charge in [-0.1, -0.05) is 45.0 Å². The summed E-state index contributed by atoms with van der Waals surface area (Å²) in [7, 11) is 0. The van der Waals surface area contributed by atoms with Crippen molar-refractivity contribution < 1.29 is 9.59 Å². The first-order chi connectivity index (χ1) is 7.06. The third-order valence-electron chi connectivity index (χ3n) is 2.45. The van der Waals surface area contributed by atoms with Crippen molar-refractivity contribution in [3.63, 3.8) is 0 Å². The largest absolute Gasteiger partial charge is 0.303 e. The summed E-state index contributed by atoms with van der Waals surface area (Å²) in [4.78, 5) is 22.2. The van der Waals surface area contributed by atoms with Crippen molar-refractivity contribution in [2.24, 2.45) is 5.92 Å². The Labute approximate surface area is 90.3 Å². The Hall–Kier alpha value is -1.44. The topological polar surface area (TPSA) is 34.1 Å². The highest BCUT2D eigenvalue weighted by Crippen LogP contribution is 2.15. The molecule has 15 heavy (non-hydrogen) atoms. The zero-order valence-corrected chi connectivity index (χ0v) is 9.36. The number of ketones is 1. The molecule has 0 N–H and O–H groups in total. The molecule has 2 heteroatoms. The summed E-state index contributed by atoms with van der Waals surface area (Å²) < 4.78 is 0. The second kappa shape index (κ2) is 4.87. The number of carbonyl (C=O) groups excluding carboxylic acids is 2. The lowest BCUT2D eigenvalue weighted by Gasteiger charge is -2.07. The van der Waals surface area contributed by atoms with Gasteiger partial charge in [-0.15, -0.1) is 0 Å². The maximum atomic E-state index is 11.6. The van der Waals surface area contributed by atoms with E-state index in [-0.39, 0.29) is 17.6 Å². The highest BCUT2D eigenvalue weighted by molar-refractivity contribution is 5.97. The lowest BCUT2D eigenvalue weighted by Crippen LogP contribution is -2.07. The second-order valence-electron chi connectivity index (χ2n) is 4.07. The van der Waals surface area contributed by atoms with Crippen LogP contribution in [0.25, 0.3) is 0 Å². The van der Waals surface area contributed by atoms with Crippen molar-refractivity contribution in [3.8, 4) is 0 Å². The molecule has 1 atom stereocenters. The van der Waals surface area contributed by atoms with Crippen LogP contribution in [0.2, 0.25) is 0 Å². The Kier molecular flexibility index (Phi) is 3.78. The molecule has 0 aliphatic rings. The zero-order valence-electron chi connectivity index (χ0n) is 9.36. The summed E-state index contributed by atoms with van der Waals surface area (Å²) >= 11 is 0. The van der Waals surface area contributed by atoms with Crippen LogP contribution in [-0.2, 0) is 4.79 Å². The van der Waals surface area contributed by atoms with E-state index in [0.717, 1.165) is 11.8 Å². The van der Waals surface area contributed by atoms with E-state index in [0.29, 0.717) is 5.56 Å². The number of rotatable bonds is 4. The molecule has 0 fully saturated rings. The van der Waals surface area contributed by atoms with E-state index in [9.17, 15) is 9.59 Å². The van der Waals surface area contributed by atoms with E-state index in [1.54, 1.807) is 12.1 Å². The van der Waals surface area contributed by atoms with Crippen molar-refractivity contribution >= 4 is 12.1 Å². The Balaban J connectivity index is 2.90. The molecule has 0 aliphatic carbocycles. The van der Waals surface area contributed by atoms with Crippen LogP contribution in [0.15, 0.2) is 24.3 Å². The average molecular weight is 204 g/mol. The third-order valence-corrected chi connectivity index (χ3v) is 2.45. The molecule has 0 heterocycles. The number of carbonyl (C=O) groups is 2. The van der Waals surface area contributed by atoms with E-state index in [2.05, 4.69) is 0 Å². The molecule has 0 saturated carbocycles. The van der Waals surface area contributed by atoms with Gasteiger partial charge in [-0.2, -0.15) is 0 Å². The zero-order chi connectivity index (χ0) is 11.4. The molecule has 1 rings (SSSR count). The number of Topliss-reactive ketones (excluding diaryl/α,β-unsaturated/α-hetero) is 1. The van der Waals surface area contributed by atoms with Gasteiger partial charge in [0.2, 0.25) is 0 Å². The van der Waals surface area contributed by atoms with Crippen molar-refractivity contribution in [2.45, 2.75) is 26.7 Å². The number of benzene rings is 1. The number of hydrogen-bond donors (Lipinski definition) is 0. The SMILES string of the molecule is CC(C)C(=O)c1ccc(C(C)C=O)cc1. The van der Waals surface area contributed by atoms with Gasteiger partial charge in [0.15, 0.2) is 5.78 Å². The predicted molar refractivity (Wildman–Crippen MR) is 60.1 cm³/mol. The first-order valence-corrected chi connectivity index (χ1v) is 5.15. The summed E-state index contributed by atoms with van der Waals surface area (Å²) in [6, 6.07) is 7.26. The van der Waals surface area contributed by atoms with Crippen molar-refractivity contribution in [1.82, 2.24) is 0 Å². The molecular formula is C13H16O2. The summed E-state index contributed by atoms with van der Waals surface area (Å²) in [5, 5.41) is 0. The van der Waals surface area contributed by atoms with Crippen LogP contribution in [0.5, 0.6) is 0 Å². The van der Waals surface area contributed by atoms with Gasteiger partial charge in [0.25, 0.3) is 0 Å². The summed E-state index contributed by atoms with van der Waals surface area (Å²) in [5.41, 5.74) is 1.66. The van der Waals surface area contributed by atoms with Crippen molar-refractivity contribution in [3.05, 3.63) is 35.4 Å². The smallest absolute Gasteiger partial charge is 0.165 e. The average Bonchev–Trinajstić information content (AvgIpc) is 2.27. The van der Waals surface area contributed by atoms with Crippen molar-refractivity contribution in [1.29, 1.82) is 0 Å². The highest BCUT2D eigenvalue weighted by atomic mass is 16.1. The standard InChI is InChI=1S/C13H16O2/c1-9(2)13(15)12-6-4-11(5-7-12)10(3)8-14/h4-10H,1-3H3. The van der Waals surface area contributed by atoms with Crippen LogP contribution >= 0.6 is 0 Å². The Morgan fingerprint density at radius 2 is 1.67 bits per heavy atom. The van der Waals surface area contributed by atoms with Gasteiger partial charge in [-0.3, -0.25) is 4.79 Å². The maximum absolute atomic E-state index is 11.6. The van der Waals surface area contributed by atoms with Crippen LogP contribution in [-0.4, -0.2) is 12.1 Å². The molecule has 0 amide bonds. The Morgan fingerprint density at radius 1 is 1.13 bits per heavy atom. The normalized spacial score (nSPS) is 12.5. The molecule has 1 aromatic rings. The molecule has 1 aromatic carbocycles. The Morgan fingerprint density at radius 3 is 2.07 bits per heavy atom. The fourth-order valence-corrected chi connectivity index (χ4v) is 1.36. The van der Waals surface area contributed by atoms with Crippen LogP contribution in [0.1, 0.15) is 42.6 Å². The number of aldehydes is 1. The predicted octanol–water partition coefficient (Wildman–Crippen LogP) is 2.83. The third kappa shape index (κ3) is 2.75. The van der Waals surface area contributed by atoms with Gasteiger partial charge in [-0.25, -0.2) is 0 Å². The maximum Gasteiger partial charge on any atom is 0.165 e. The van der Waals surface area contributed by atoms with Crippen LogP contribution in [0, 0.1) is 5.92 Å². The summed E-state index contributed by atoms with van der Waals surface area (Å²) in [6.45, 7) is 5.60. The summed E-state index contributed by atoms with van der Waals surface area (Å²) in [5.74, 6) is 0.0489. The minimum Gasteiger partial charge on any atom is -0.303 e. The molecule has 0 aliphatic heterocycles. The van der Waals surface area contributed by atoms with E-state index in [4.69, 9.17) is 0 Å². The minimum absolute atomic E-state index is 0.0133. The molecule has 1 unspecified atom stereocenters. The first-order valence-electron chi connectivity index (χ1n) is 5.15. The van der Waals surface area contributed by atoms with Gasteiger partial charge in [0.1, 0.15) is 6.29 Å². The molecule has 2 nitrogen and oxygen atoms in total. The van der Waals surface area contributed by atoms with Gasteiger partial charge in [0.05, 0.1) is 0 Å². The Bertz CT molecular complexity index is 349. The molecule has 80 valence electrons. The van der Waals surface area contributed by atoms with E-state index >= 15 is 0 Å².